The molecule has 0 radical (unpaired) electrons. The number of aliphatic carboxylic acids is 1. The largest absolute Gasteiger partial charge is 0.480 e. The first-order valence-electron chi connectivity index (χ1n) is 5.39. The Morgan fingerprint density at radius 3 is 2.47 bits per heavy atom. The minimum atomic E-state index is -0.877. The van der Waals surface area contributed by atoms with Gasteiger partial charge in [0.25, 0.3) is 0 Å². The number of pyridine rings is 1. The molecular formula is C14H13NO2. The molecule has 2 rings (SSSR count). The number of hydrogen-bond acceptors (Lipinski definition) is 2. The average molecular weight is 227 g/mol. The molecule has 1 N–H and O–H groups in total. The van der Waals surface area contributed by atoms with E-state index in [4.69, 9.17) is 0 Å². The van der Waals surface area contributed by atoms with Crippen LogP contribution in [0.15, 0.2) is 48.7 Å². The molecule has 86 valence electrons. The Balaban J connectivity index is 2.51. The Kier molecular flexibility index (Phi) is 3.19. The van der Waals surface area contributed by atoms with Crippen LogP contribution in [0.1, 0.15) is 22.7 Å². The van der Waals surface area contributed by atoms with Gasteiger partial charge in [-0.15, -0.1) is 0 Å². The molecule has 3 heteroatoms. The lowest BCUT2D eigenvalue weighted by atomic mass is 9.92. The zero-order chi connectivity index (χ0) is 12.3. The van der Waals surface area contributed by atoms with Gasteiger partial charge in [0.2, 0.25) is 0 Å². The molecule has 1 aromatic heterocycles. The maximum Gasteiger partial charge on any atom is 0.317 e. The molecule has 0 spiro atoms. The topological polar surface area (TPSA) is 50.2 Å². The molecule has 3 nitrogen and oxygen atoms in total. The van der Waals surface area contributed by atoms with Crippen LogP contribution in [-0.4, -0.2) is 16.1 Å². The van der Waals surface area contributed by atoms with Crippen LogP contribution in [-0.2, 0) is 4.79 Å². The van der Waals surface area contributed by atoms with Gasteiger partial charge in [0.1, 0.15) is 5.92 Å². The van der Waals surface area contributed by atoms with E-state index in [1.807, 2.05) is 31.2 Å². The first-order valence-corrected chi connectivity index (χ1v) is 5.39. The van der Waals surface area contributed by atoms with E-state index >= 15 is 0 Å². The maximum atomic E-state index is 11.4. The molecule has 0 bridgehead atoms. The Bertz CT molecular complexity index is 523. The Morgan fingerprint density at radius 1 is 1.18 bits per heavy atom. The van der Waals surface area contributed by atoms with Crippen LogP contribution in [0.25, 0.3) is 0 Å². The summed E-state index contributed by atoms with van der Waals surface area (Å²) in [5.41, 5.74) is 2.32. The molecule has 0 amide bonds. The highest BCUT2D eigenvalue weighted by Gasteiger charge is 2.24. The summed E-state index contributed by atoms with van der Waals surface area (Å²) in [6.45, 7) is 1.91. The van der Waals surface area contributed by atoms with E-state index in [-0.39, 0.29) is 0 Å². The van der Waals surface area contributed by atoms with Crippen LogP contribution in [0, 0.1) is 6.92 Å². The predicted octanol–water partition coefficient (Wildman–Crippen LogP) is 2.61. The van der Waals surface area contributed by atoms with Gasteiger partial charge < -0.3 is 5.11 Å². The molecule has 0 aliphatic rings. The fourth-order valence-electron chi connectivity index (χ4n) is 1.88. The molecule has 0 aliphatic heterocycles. The van der Waals surface area contributed by atoms with Crippen molar-refractivity contribution in [2.75, 3.05) is 0 Å². The highest BCUT2D eigenvalue weighted by Crippen LogP contribution is 2.25. The second kappa shape index (κ2) is 4.78. The van der Waals surface area contributed by atoms with Crippen LogP contribution < -0.4 is 0 Å². The average Bonchev–Trinajstić information content (AvgIpc) is 2.33. The van der Waals surface area contributed by atoms with E-state index in [0.29, 0.717) is 5.69 Å². The second-order valence-corrected chi connectivity index (χ2v) is 3.88. The number of nitrogens with zero attached hydrogens (tertiary/aromatic N) is 1. The summed E-state index contributed by atoms with van der Waals surface area (Å²) in [7, 11) is 0. The predicted molar refractivity (Wildman–Crippen MR) is 64.9 cm³/mol. The molecule has 1 atom stereocenters. The van der Waals surface area contributed by atoms with Gasteiger partial charge in [-0.05, 0) is 30.2 Å². The zero-order valence-corrected chi connectivity index (χ0v) is 9.50. The minimum absolute atomic E-state index is 0.564. The molecule has 0 fully saturated rings. The van der Waals surface area contributed by atoms with Gasteiger partial charge in [0.15, 0.2) is 0 Å². The number of carboxylic acids is 1. The standard InChI is InChI=1S/C14H13NO2/c1-10-6-2-3-7-11(10)13(14(16)17)12-8-4-5-9-15-12/h2-9,13H,1H3,(H,16,17). The number of hydrogen-bond donors (Lipinski definition) is 1. The van der Waals surface area contributed by atoms with Gasteiger partial charge in [-0.2, -0.15) is 0 Å². The fourth-order valence-corrected chi connectivity index (χ4v) is 1.88. The fraction of sp³-hybridized carbons (Fsp3) is 0.143. The number of benzene rings is 1. The molecular weight excluding hydrogens is 214 g/mol. The van der Waals surface area contributed by atoms with Crippen molar-refractivity contribution in [3.63, 3.8) is 0 Å². The molecule has 0 aliphatic carbocycles. The van der Waals surface area contributed by atoms with Crippen molar-refractivity contribution in [1.29, 1.82) is 0 Å². The lowest BCUT2D eigenvalue weighted by Crippen LogP contribution is -2.15. The van der Waals surface area contributed by atoms with Gasteiger partial charge in [-0.25, -0.2) is 0 Å². The third kappa shape index (κ3) is 2.33. The number of aromatic nitrogens is 1. The quantitative estimate of drug-likeness (QED) is 0.876. The monoisotopic (exact) mass is 227 g/mol. The normalized spacial score (nSPS) is 12.1. The number of carboxylic acid groups (broad SMARTS) is 1. The summed E-state index contributed by atoms with van der Waals surface area (Å²) in [5, 5.41) is 9.36. The Morgan fingerprint density at radius 2 is 1.88 bits per heavy atom. The first-order chi connectivity index (χ1) is 8.20. The van der Waals surface area contributed by atoms with E-state index in [2.05, 4.69) is 4.98 Å². The van der Waals surface area contributed by atoms with Crippen LogP contribution in [0.5, 0.6) is 0 Å². The molecule has 0 saturated heterocycles. The van der Waals surface area contributed by atoms with E-state index in [1.165, 1.54) is 0 Å². The summed E-state index contributed by atoms with van der Waals surface area (Å²) in [5.74, 6) is -1.57. The first kappa shape index (κ1) is 11.3. The highest BCUT2D eigenvalue weighted by atomic mass is 16.4. The van der Waals surface area contributed by atoms with Crippen LogP contribution in [0.4, 0.5) is 0 Å². The van der Waals surface area contributed by atoms with Crippen molar-refractivity contribution >= 4 is 5.97 Å². The summed E-state index contributed by atoms with van der Waals surface area (Å²) >= 11 is 0. The Labute approximate surface area is 99.8 Å². The zero-order valence-electron chi connectivity index (χ0n) is 9.50. The molecule has 1 unspecified atom stereocenters. The SMILES string of the molecule is Cc1ccccc1C(C(=O)O)c1ccccn1. The summed E-state index contributed by atoms with van der Waals surface area (Å²) in [6, 6.07) is 12.8. The van der Waals surface area contributed by atoms with E-state index in [0.717, 1.165) is 11.1 Å². The number of carbonyl (C=O) groups is 1. The smallest absolute Gasteiger partial charge is 0.317 e. The van der Waals surface area contributed by atoms with Crippen LogP contribution in [0.2, 0.25) is 0 Å². The van der Waals surface area contributed by atoms with Gasteiger partial charge in [-0.3, -0.25) is 9.78 Å². The lowest BCUT2D eigenvalue weighted by Gasteiger charge is -2.14. The van der Waals surface area contributed by atoms with Crippen LogP contribution >= 0.6 is 0 Å². The van der Waals surface area contributed by atoms with E-state index in [9.17, 15) is 9.90 Å². The van der Waals surface area contributed by atoms with Crippen molar-refractivity contribution in [2.24, 2.45) is 0 Å². The summed E-state index contributed by atoms with van der Waals surface area (Å²) in [6.07, 6.45) is 1.61. The van der Waals surface area contributed by atoms with Gasteiger partial charge >= 0.3 is 5.97 Å². The number of rotatable bonds is 3. The van der Waals surface area contributed by atoms with Crippen LogP contribution in [0.3, 0.4) is 0 Å². The molecule has 1 heterocycles. The third-order valence-electron chi connectivity index (χ3n) is 2.73. The van der Waals surface area contributed by atoms with E-state index in [1.54, 1.807) is 24.4 Å². The molecule has 0 saturated carbocycles. The third-order valence-corrected chi connectivity index (χ3v) is 2.73. The summed E-state index contributed by atoms with van der Waals surface area (Å²) in [4.78, 5) is 15.5. The molecule has 1 aromatic carbocycles. The van der Waals surface area contributed by atoms with Crippen molar-refractivity contribution in [3.8, 4) is 0 Å². The van der Waals surface area contributed by atoms with E-state index < -0.39 is 11.9 Å². The molecule has 2 aromatic rings. The second-order valence-electron chi connectivity index (χ2n) is 3.88. The maximum absolute atomic E-state index is 11.4. The van der Waals surface area contributed by atoms with Crippen molar-refractivity contribution < 1.29 is 9.90 Å². The Hall–Kier alpha value is -2.16. The lowest BCUT2D eigenvalue weighted by molar-refractivity contribution is -0.137. The van der Waals surface area contributed by atoms with Gasteiger partial charge in [0, 0.05) is 6.20 Å². The van der Waals surface area contributed by atoms with Crippen molar-refractivity contribution in [3.05, 3.63) is 65.5 Å². The van der Waals surface area contributed by atoms with Gasteiger partial charge in [0.05, 0.1) is 5.69 Å². The highest BCUT2D eigenvalue weighted by molar-refractivity contribution is 5.80. The number of aryl methyl sites for hydroxylation is 1. The van der Waals surface area contributed by atoms with Crippen molar-refractivity contribution in [2.45, 2.75) is 12.8 Å². The van der Waals surface area contributed by atoms with Gasteiger partial charge in [-0.1, -0.05) is 30.3 Å². The van der Waals surface area contributed by atoms with Crippen molar-refractivity contribution in [1.82, 2.24) is 4.98 Å². The molecule has 17 heavy (non-hydrogen) atoms. The minimum Gasteiger partial charge on any atom is -0.480 e. The summed E-state index contributed by atoms with van der Waals surface area (Å²) < 4.78 is 0.